The Morgan fingerprint density at radius 2 is 0.961 bits per heavy atom. The maximum Gasteiger partial charge on any atom is 0.326 e. The molecule has 4 heterocycles. The fraction of sp³-hybridized carbons (Fsp3) is 0.609. The van der Waals surface area contributed by atoms with E-state index in [1.54, 1.807) is 44.3 Å². The largest absolute Gasteiger partial charge is 0.481 e. The van der Waals surface area contributed by atoms with Crippen LogP contribution >= 0.6 is 0 Å². The quantitative estimate of drug-likeness (QED) is 0.0275. The van der Waals surface area contributed by atoms with Crippen molar-refractivity contribution in [2.75, 3.05) is 65.4 Å². The number of carboxylic acids is 2. The van der Waals surface area contributed by atoms with Crippen molar-refractivity contribution in [2.24, 2.45) is 28.9 Å². The van der Waals surface area contributed by atoms with Crippen molar-refractivity contribution in [2.45, 2.75) is 178 Å². The average Bonchev–Trinajstić information content (AvgIpc) is 1.62. The number of carboxylic acid groups (broad SMARTS) is 2. The first kappa shape index (κ1) is 82.3. The molecule has 3 fully saturated rings. The molecule has 22 N–H and O–H groups in total. The van der Waals surface area contributed by atoms with Crippen LogP contribution in [-0.4, -0.2) is 256 Å². The number of unbranched alkanes of at least 4 members (excludes halogenated alkanes) is 2. The number of likely N-dealkylation sites (tertiary alicyclic amines) is 3. The van der Waals surface area contributed by atoms with E-state index in [1.165, 1.54) is 16.7 Å². The summed E-state index contributed by atoms with van der Waals surface area (Å²) >= 11 is 0. The van der Waals surface area contributed by atoms with Crippen LogP contribution in [0.5, 0.6) is 0 Å². The lowest BCUT2D eigenvalue weighted by atomic mass is 10.0. The third-order valence-corrected chi connectivity index (χ3v) is 17.4. The second-order valence-corrected chi connectivity index (χ2v) is 25.4. The van der Waals surface area contributed by atoms with Crippen LogP contribution in [-0.2, 0) is 87.9 Å². The number of rotatable bonds is 41. The van der Waals surface area contributed by atoms with Gasteiger partial charge in [-0.05, 0) is 115 Å². The molecule has 15 amide bonds. The van der Waals surface area contributed by atoms with Gasteiger partial charge in [-0.3, -0.25) is 76.7 Å². The molecule has 1 aromatic heterocycles. The van der Waals surface area contributed by atoms with Gasteiger partial charge >= 0.3 is 11.9 Å². The number of H-pyrrole nitrogens is 1. The van der Waals surface area contributed by atoms with E-state index in [1.807, 2.05) is 0 Å². The van der Waals surface area contributed by atoms with Gasteiger partial charge in [0.05, 0.1) is 45.6 Å². The highest BCUT2D eigenvalue weighted by Crippen LogP contribution is 2.25. The summed E-state index contributed by atoms with van der Waals surface area (Å²) in [6.07, 6.45) is 2.65. The molecule has 0 aliphatic carbocycles. The number of amides is 15. The zero-order valence-corrected chi connectivity index (χ0v) is 57.4. The molecule has 3 saturated heterocycles. The van der Waals surface area contributed by atoms with E-state index >= 15 is 0 Å². The van der Waals surface area contributed by atoms with E-state index in [-0.39, 0.29) is 84.1 Å². The van der Waals surface area contributed by atoms with E-state index < -0.39 is 212 Å². The highest BCUT2D eigenvalue weighted by atomic mass is 16.4. The Morgan fingerprint density at radius 3 is 1.45 bits per heavy atom. The summed E-state index contributed by atoms with van der Waals surface area (Å²) in [4.78, 5) is 232. The number of carbonyl (C=O) groups excluding carboxylic acids is 15. The van der Waals surface area contributed by atoms with Gasteiger partial charge in [0.25, 0.3) is 0 Å². The maximum atomic E-state index is 14.6. The number of nitrogens with one attached hydrogen (secondary N) is 12. The van der Waals surface area contributed by atoms with Gasteiger partial charge in [0, 0.05) is 43.2 Å². The highest BCUT2D eigenvalue weighted by molar-refractivity contribution is 6.00. The van der Waals surface area contributed by atoms with Crippen LogP contribution in [0.15, 0.2) is 30.5 Å². The summed E-state index contributed by atoms with van der Waals surface area (Å²) in [5.74, 6) is -16.0. The van der Waals surface area contributed by atoms with Crippen LogP contribution in [0, 0.1) is 5.92 Å². The first-order valence-electron chi connectivity index (χ1n) is 34.0. The molecule has 3 aliphatic heterocycles. The number of primary amides is 1. The van der Waals surface area contributed by atoms with Gasteiger partial charge in [0.2, 0.25) is 88.6 Å². The molecule has 102 heavy (non-hydrogen) atoms. The lowest BCUT2D eigenvalue weighted by Crippen LogP contribution is -2.58. The Hall–Kier alpha value is -10.4. The van der Waals surface area contributed by atoms with Crippen molar-refractivity contribution in [3.63, 3.8) is 0 Å². The van der Waals surface area contributed by atoms with Crippen LogP contribution in [0.3, 0.4) is 0 Å². The third kappa shape index (κ3) is 25.1. The summed E-state index contributed by atoms with van der Waals surface area (Å²) in [5, 5.41) is 46.7. The standard InChI is InChI=1S/C64H97N19O19/c1-34(2)54(80-48(85)28-67)60(97)79-40(16-7-9-21-66)56(93)70-31-50(87)75-41(27-53(90)91)57(94)78-39(15-6-8-20-65)55(92)71-32-51(88)77-43(26-47(68)84)63(100)82-23-11-18-45(82)59(96)73-33-52(89)76-42(25-36-29-69-38-14-5-4-13-37(36)38)62(99)81-22-10-17-44(81)58(95)72-30-49(86)74-35(3)61(98)83-24-12-19-46(83)64(101)102/h4-5,13-14,29,34-35,39-46,54,69H,6-12,15-28,30-33,65-67H2,1-3H3,(H2,68,84)(H,70,93)(H,71,92)(H,72,95)(H,73,96)(H,74,86)(H,75,87)(H,76,89)(H,77,88)(H,78,94)(H,79,97)(H,80,85)(H,90,91)(H,101,102). The summed E-state index contributed by atoms with van der Waals surface area (Å²) in [7, 11) is 0. The molecule has 3 aliphatic rings. The predicted molar refractivity (Wildman–Crippen MR) is 361 cm³/mol. The van der Waals surface area contributed by atoms with Crippen molar-refractivity contribution in [1.29, 1.82) is 0 Å². The minimum Gasteiger partial charge on any atom is -0.481 e. The van der Waals surface area contributed by atoms with Gasteiger partial charge in [-0.15, -0.1) is 0 Å². The Bertz CT molecular complexity index is 3380. The highest BCUT2D eigenvalue weighted by Gasteiger charge is 2.42. The number of hydrogen-bond donors (Lipinski definition) is 18. The average molecular weight is 1440 g/mol. The predicted octanol–water partition coefficient (Wildman–Crippen LogP) is -7.13. The molecule has 5 rings (SSSR count). The van der Waals surface area contributed by atoms with E-state index in [9.17, 15) is 91.7 Å². The van der Waals surface area contributed by atoms with Gasteiger partial charge in [0.15, 0.2) is 0 Å². The summed E-state index contributed by atoms with van der Waals surface area (Å²) in [5.41, 5.74) is 23.5. The fourth-order valence-corrected chi connectivity index (χ4v) is 12.1. The van der Waals surface area contributed by atoms with Crippen molar-refractivity contribution in [1.82, 2.24) is 78.2 Å². The molecule has 0 radical (unpaired) electrons. The van der Waals surface area contributed by atoms with Gasteiger partial charge in [-0.25, -0.2) is 4.79 Å². The van der Waals surface area contributed by atoms with Gasteiger partial charge < -0.3 is 111 Å². The molecule has 0 bridgehead atoms. The van der Waals surface area contributed by atoms with Crippen molar-refractivity contribution in [3.05, 3.63) is 36.0 Å². The zero-order chi connectivity index (χ0) is 75.3. The maximum absolute atomic E-state index is 14.6. The number of benzene rings is 1. The second-order valence-electron chi connectivity index (χ2n) is 25.4. The number of fused-ring (bicyclic) bond motifs is 1. The first-order valence-corrected chi connectivity index (χ1v) is 34.0. The summed E-state index contributed by atoms with van der Waals surface area (Å²) in [6.45, 7) is 1.90. The van der Waals surface area contributed by atoms with E-state index in [0.717, 1.165) is 15.8 Å². The number of aromatic amines is 1. The van der Waals surface area contributed by atoms with Crippen molar-refractivity contribution in [3.8, 4) is 0 Å². The number of aliphatic carboxylic acids is 2. The van der Waals surface area contributed by atoms with Gasteiger partial charge in [0.1, 0.15) is 60.4 Å². The molecule has 38 heteroatoms. The van der Waals surface area contributed by atoms with Crippen LogP contribution in [0.1, 0.15) is 116 Å². The topological polar surface area (TPSA) is 593 Å². The number of para-hydroxylation sites is 1. The molecule has 38 nitrogen and oxygen atoms in total. The summed E-state index contributed by atoms with van der Waals surface area (Å²) < 4.78 is 0. The van der Waals surface area contributed by atoms with Crippen molar-refractivity contribution >= 4 is 111 Å². The number of hydrogen-bond acceptors (Lipinski definition) is 20. The fourth-order valence-electron chi connectivity index (χ4n) is 12.1. The molecular formula is C64H97N19O19. The normalized spacial score (nSPS) is 17.6. The molecule has 562 valence electrons. The lowest BCUT2D eigenvalue weighted by Gasteiger charge is -2.29. The number of nitrogens with two attached hydrogens (primary N) is 4. The number of nitrogens with zero attached hydrogens (tertiary/aromatic N) is 3. The third-order valence-electron chi connectivity index (χ3n) is 17.4. The van der Waals surface area contributed by atoms with Crippen molar-refractivity contribution < 1.29 is 91.7 Å². The molecule has 1 aromatic carbocycles. The number of carbonyl (C=O) groups is 17. The molecular weight excluding hydrogens is 1340 g/mol. The Kier molecular flexibility index (Phi) is 32.9. The molecule has 0 spiro atoms. The minimum atomic E-state index is -1.85. The Balaban J connectivity index is 1.18. The van der Waals surface area contributed by atoms with Gasteiger partial charge in [-0.1, -0.05) is 32.0 Å². The lowest BCUT2D eigenvalue weighted by molar-refractivity contribution is -0.149. The summed E-state index contributed by atoms with van der Waals surface area (Å²) in [6, 6.07) is -6.02. The SMILES string of the molecule is CC(NC(=O)CNC(=O)C1CCCN1C(=O)C(Cc1c[nH]c2ccccc12)NC(=O)CNC(=O)C1CCCN1C(=O)C(CC(N)=O)NC(=O)CNC(=O)C(CCCCN)NC(=O)C(CC(=O)O)NC(=O)CNC(=O)C(CCCCN)NC(=O)C(NC(=O)CN)C(C)C)C(=O)N1CCCC1C(=O)O. The molecule has 2 aromatic rings. The minimum absolute atomic E-state index is 0.0542. The Morgan fingerprint density at radius 1 is 0.500 bits per heavy atom. The molecule has 0 saturated carbocycles. The van der Waals surface area contributed by atoms with E-state index in [4.69, 9.17) is 22.9 Å². The van der Waals surface area contributed by atoms with E-state index in [2.05, 4.69) is 63.5 Å². The van der Waals surface area contributed by atoms with Gasteiger partial charge in [-0.2, -0.15) is 0 Å². The van der Waals surface area contributed by atoms with E-state index in [0.29, 0.717) is 37.7 Å². The Labute approximate surface area is 587 Å². The number of aromatic nitrogens is 1. The first-order chi connectivity index (χ1) is 48.5. The molecule has 10 atom stereocenters. The van der Waals surface area contributed by atoms with Crippen LogP contribution in [0.2, 0.25) is 0 Å². The monoisotopic (exact) mass is 1440 g/mol. The smallest absolute Gasteiger partial charge is 0.326 e. The van der Waals surface area contributed by atoms with Crippen LogP contribution < -0.4 is 81.4 Å². The van der Waals surface area contributed by atoms with Crippen LogP contribution in [0.25, 0.3) is 10.9 Å². The van der Waals surface area contributed by atoms with Crippen LogP contribution in [0.4, 0.5) is 0 Å². The zero-order valence-electron chi connectivity index (χ0n) is 57.4. The second kappa shape index (κ2) is 40.8. The molecule has 10 unspecified atom stereocenters.